The number of hydrogen-bond acceptors (Lipinski definition) is 3. The highest BCUT2D eigenvalue weighted by Crippen LogP contribution is 2.32. The van der Waals surface area contributed by atoms with Gasteiger partial charge >= 0.3 is 0 Å². The molecule has 0 atom stereocenters. The minimum Gasteiger partial charge on any atom is -0.488 e. The van der Waals surface area contributed by atoms with Crippen molar-refractivity contribution < 1.29 is 13.5 Å². The van der Waals surface area contributed by atoms with Crippen molar-refractivity contribution in [2.24, 2.45) is 0 Å². The lowest BCUT2D eigenvalue weighted by molar-refractivity contribution is 0.306. The van der Waals surface area contributed by atoms with E-state index in [-0.39, 0.29) is 23.8 Å². The molecule has 0 aliphatic heterocycles. The molecule has 0 radical (unpaired) electrons. The second-order valence-electron chi connectivity index (χ2n) is 7.53. The average Bonchev–Trinajstić information content (AvgIpc) is 3.25. The zero-order valence-corrected chi connectivity index (χ0v) is 17.3. The third-order valence-corrected chi connectivity index (χ3v) is 5.35. The van der Waals surface area contributed by atoms with E-state index < -0.39 is 0 Å². The van der Waals surface area contributed by atoms with E-state index in [1.165, 1.54) is 24.3 Å². The lowest BCUT2D eigenvalue weighted by Gasteiger charge is -2.13. The molecule has 1 aromatic heterocycles. The Bertz CT molecular complexity index is 1550. The number of H-pyrrole nitrogens is 1. The van der Waals surface area contributed by atoms with Crippen LogP contribution in [0, 0.1) is 23.0 Å². The van der Waals surface area contributed by atoms with Crippen molar-refractivity contribution in [2.75, 3.05) is 0 Å². The molecule has 1 N–H and O–H groups in total. The number of halogens is 2. The topological polar surface area (TPSA) is 61.7 Å². The van der Waals surface area contributed by atoms with E-state index in [9.17, 15) is 14.0 Å². The molecule has 5 aromatic rings. The lowest BCUT2D eigenvalue weighted by Crippen LogP contribution is -1.98. The number of fused-ring (bicyclic) bond motifs is 2. The van der Waals surface area contributed by atoms with Crippen molar-refractivity contribution in [2.45, 2.75) is 6.61 Å². The number of imidazole rings is 1. The summed E-state index contributed by atoms with van der Waals surface area (Å²) in [4.78, 5) is 7.46. The van der Waals surface area contributed by atoms with Gasteiger partial charge in [0, 0.05) is 5.56 Å². The first-order chi connectivity index (χ1) is 16.1. The van der Waals surface area contributed by atoms with Crippen LogP contribution >= 0.6 is 0 Å². The van der Waals surface area contributed by atoms with Gasteiger partial charge in [-0.15, -0.1) is 0 Å². The fourth-order valence-corrected chi connectivity index (χ4v) is 3.70. The largest absolute Gasteiger partial charge is 0.488 e. The Morgan fingerprint density at radius 3 is 2.58 bits per heavy atom. The molecule has 0 fully saturated rings. The van der Waals surface area contributed by atoms with Gasteiger partial charge in [-0.3, -0.25) is 0 Å². The Morgan fingerprint density at radius 2 is 1.76 bits per heavy atom. The van der Waals surface area contributed by atoms with E-state index in [4.69, 9.17) is 4.74 Å². The van der Waals surface area contributed by atoms with Gasteiger partial charge in [0.15, 0.2) is 0 Å². The van der Waals surface area contributed by atoms with Crippen LogP contribution in [0.3, 0.4) is 0 Å². The number of nitrogens with one attached hydrogen (secondary N) is 1. The smallest absolute Gasteiger partial charge is 0.149 e. The van der Waals surface area contributed by atoms with Crippen LogP contribution in [-0.2, 0) is 6.61 Å². The molecular weight excluding hydrogens is 420 g/mol. The van der Waals surface area contributed by atoms with Crippen molar-refractivity contribution >= 4 is 33.5 Å². The highest BCUT2D eigenvalue weighted by molar-refractivity contribution is 6.00. The van der Waals surface area contributed by atoms with Crippen LogP contribution in [0.2, 0.25) is 0 Å². The van der Waals surface area contributed by atoms with E-state index in [0.717, 1.165) is 21.9 Å². The first-order valence-electron chi connectivity index (χ1n) is 10.3. The molecule has 1 heterocycles. The standard InChI is InChI=1S/C27H17F2N3O/c28-20-8-5-17(6-9-20)16-33-26-12-7-18-3-1-2-4-22(18)23(26)13-19(15-30)27-31-24-11-10-21(29)14-25(24)32-27/h1-14H,16H2,(H,31,32)/b19-13-. The first kappa shape index (κ1) is 20.4. The summed E-state index contributed by atoms with van der Waals surface area (Å²) in [6.07, 6.45) is 1.72. The molecular formula is C27H17F2N3O. The monoisotopic (exact) mass is 437 g/mol. The lowest BCUT2D eigenvalue weighted by atomic mass is 10.0. The molecule has 0 aliphatic carbocycles. The Morgan fingerprint density at radius 1 is 0.970 bits per heavy atom. The SMILES string of the molecule is N#C/C(=C/c1c(OCc2ccc(F)cc2)ccc2ccccc12)c1nc2ccc(F)cc2[nH]1. The number of allylic oxidation sites excluding steroid dienone is 1. The number of nitriles is 1. The quantitative estimate of drug-likeness (QED) is 0.314. The van der Waals surface area contributed by atoms with Gasteiger partial charge in [-0.25, -0.2) is 13.8 Å². The predicted molar refractivity (Wildman–Crippen MR) is 124 cm³/mol. The van der Waals surface area contributed by atoms with Crippen LogP contribution in [0.25, 0.3) is 33.5 Å². The summed E-state index contributed by atoms with van der Waals surface area (Å²) in [5, 5.41) is 11.8. The summed E-state index contributed by atoms with van der Waals surface area (Å²) in [5.74, 6) is 0.228. The van der Waals surface area contributed by atoms with Gasteiger partial charge in [0.05, 0.1) is 16.6 Å². The van der Waals surface area contributed by atoms with Gasteiger partial charge in [-0.1, -0.05) is 42.5 Å². The summed E-state index contributed by atoms with van der Waals surface area (Å²) in [6, 6.07) is 24.1. The zero-order chi connectivity index (χ0) is 22.8. The molecule has 0 aliphatic rings. The molecule has 4 aromatic carbocycles. The molecule has 0 spiro atoms. The van der Waals surface area contributed by atoms with E-state index in [1.807, 2.05) is 36.4 Å². The summed E-state index contributed by atoms with van der Waals surface area (Å²) >= 11 is 0. The van der Waals surface area contributed by atoms with Crippen LogP contribution in [0.4, 0.5) is 8.78 Å². The minimum absolute atomic E-state index is 0.241. The molecule has 160 valence electrons. The normalized spacial score (nSPS) is 11.6. The summed E-state index contributed by atoms with van der Waals surface area (Å²) in [7, 11) is 0. The Balaban J connectivity index is 1.59. The minimum atomic E-state index is -0.384. The van der Waals surface area contributed by atoms with Gasteiger partial charge in [-0.05, 0) is 58.8 Å². The number of nitrogens with zero attached hydrogens (tertiary/aromatic N) is 2. The molecule has 6 heteroatoms. The van der Waals surface area contributed by atoms with Crippen LogP contribution < -0.4 is 4.74 Å². The van der Waals surface area contributed by atoms with Crippen LogP contribution in [0.15, 0.2) is 78.9 Å². The number of benzene rings is 4. The Kier molecular flexibility index (Phi) is 5.29. The number of aromatic amines is 1. The van der Waals surface area contributed by atoms with E-state index in [0.29, 0.717) is 22.6 Å². The fraction of sp³-hybridized carbons (Fsp3) is 0.0370. The maximum absolute atomic E-state index is 13.6. The first-order valence-corrected chi connectivity index (χ1v) is 10.3. The highest BCUT2D eigenvalue weighted by atomic mass is 19.1. The second kappa shape index (κ2) is 8.56. The summed E-state index contributed by atoms with van der Waals surface area (Å²) in [6.45, 7) is 0.241. The zero-order valence-electron chi connectivity index (χ0n) is 17.3. The Labute approximate surface area is 188 Å². The van der Waals surface area contributed by atoms with Crippen molar-refractivity contribution in [3.05, 3.63) is 107 Å². The maximum Gasteiger partial charge on any atom is 0.149 e. The number of ether oxygens (including phenoxy) is 1. The van der Waals surface area contributed by atoms with E-state index >= 15 is 0 Å². The molecule has 4 nitrogen and oxygen atoms in total. The molecule has 33 heavy (non-hydrogen) atoms. The van der Waals surface area contributed by atoms with Crippen molar-refractivity contribution in [3.8, 4) is 11.8 Å². The molecule has 0 saturated carbocycles. The van der Waals surface area contributed by atoms with Crippen LogP contribution in [-0.4, -0.2) is 9.97 Å². The van der Waals surface area contributed by atoms with E-state index in [2.05, 4.69) is 16.0 Å². The molecule has 5 rings (SSSR count). The third kappa shape index (κ3) is 4.17. The van der Waals surface area contributed by atoms with Crippen LogP contribution in [0.1, 0.15) is 17.0 Å². The third-order valence-electron chi connectivity index (χ3n) is 5.35. The maximum atomic E-state index is 13.6. The highest BCUT2D eigenvalue weighted by Gasteiger charge is 2.13. The fourth-order valence-electron chi connectivity index (χ4n) is 3.70. The molecule has 0 saturated heterocycles. The van der Waals surface area contributed by atoms with Gasteiger partial charge in [0.2, 0.25) is 0 Å². The summed E-state index contributed by atoms with van der Waals surface area (Å²) in [5.41, 5.74) is 2.91. The Hall–Kier alpha value is -4.50. The molecule has 0 bridgehead atoms. The van der Waals surface area contributed by atoms with Gasteiger partial charge < -0.3 is 9.72 Å². The van der Waals surface area contributed by atoms with Crippen molar-refractivity contribution in [1.29, 1.82) is 5.26 Å². The van der Waals surface area contributed by atoms with Crippen LogP contribution in [0.5, 0.6) is 5.75 Å². The second-order valence-corrected chi connectivity index (χ2v) is 7.53. The number of rotatable bonds is 5. The number of hydrogen-bond donors (Lipinski definition) is 1. The van der Waals surface area contributed by atoms with Crippen molar-refractivity contribution in [1.82, 2.24) is 9.97 Å². The van der Waals surface area contributed by atoms with Crippen molar-refractivity contribution in [3.63, 3.8) is 0 Å². The average molecular weight is 437 g/mol. The summed E-state index contributed by atoms with van der Waals surface area (Å²) < 4.78 is 32.9. The number of aromatic nitrogens is 2. The molecule has 0 unspecified atom stereocenters. The predicted octanol–water partition coefficient (Wildman–Crippen LogP) is 6.64. The van der Waals surface area contributed by atoms with Gasteiger partial charge in [-0.2, -0.15) is 5.26 Å². The molecule has 0 amide bonds. The van der Waals surface area contributed by atoms with E-state index in [1.54, 1.807) is 24.3 Å². The van der Waals surface area contributed by atoms with Gasteiger partial charge in [0.1, 0.15) is 35.9 Å². The van der Waals surface area contributed by atoms with Gasteiger partial charge in [0.25, 0.3) is 0 Å².